The average Bonchev–Trinajstić information content (AvgIpc) is 3.45. The highest BCUT2D eigenvalue weighted by atomic mass is 16.6. The molecule has 1 unspecified atom stereocenters. The minimum absolute atomic E-state index is 0.0800. The molecule has 1 atom stereocenters. The second-order valence-electron chi connectivity index (χ2n) is 23.4. The maximum Gasteiger partial charge on any atom is 0.306 e. The Kier molecular flexibility index (Phi) is 65.1. The van der Waals surface area contributed by atoms with E-state index in [1.165, 1.54) is 218 Å². The molecule has 0 aliphatic carbocycles. The molecule has 0 spiro atoms. The predicted molar refractivity (Wildman–Crippen MR) is 344 cm³/mol. The Hall–Kier alpha value is -2.89. The first-order valence-corrected chi connectivity index (χ1v) is 34.8. The molecule has 0 aliphatic heterocycles. The van der Waals surface area contributed by atoms with Crippen LogP contribution in [0.1, 0.15) is 367 Å². The third-order valence-corrected chi connectivity index (χ3v) is 15.5. The van der Waals surface area contributed by atoms with Crippen LogP contribution in [-0.2, 0) is 28.6 Å². The summed E-state index contributed by atoms with van der Waals surface area (Å²) in [5.74, 6) is -0.885. The van der Waals surface area contributed by atoms with Gasteiger partial charge in [-0.3, -0.25) is 14.4 Å². The molecule has 0 radical (unpaired) electrons. The van der Waals surface area contributed by atoms with Crippen LogP contribution in [0, 0.1) is 0 Å². The van der Waals surface area contributed by atoms with Gasteiger partial charge in [0.1, 0.15) is 13.2 Å². The van der Waals surface area contributed by atoms with Gasteiger partial charge >= 0.3 is 17.9 Å². The van der Waals surface area contributed by atoms with Crippen LogP contribution in [0.5, 0.6) is 0 Å². The summed E-state index contributed by atoms with van der Waals surface area (Å²) in [6.07, 6.45) is 86.9. The molecule has 0 bridgehead atoms. The highest BCUT2D eigenvalue weighted by Crippen LogP contribution is 2.18. The molecule has 0 amide bonds. The Balaban J connectivity index is 4.22. The lowest BCUT2D eigenvalue weighted by Gasteiger charge is -2.18. The standard InChI is InChI=1S/C73H132O6/c1-4-7-10-13-16-19-22-25-28-30-31-32-33-34-35-36-37-38-39-40-41-43-45-48-51-54-57-60-63-66-72(75)78-69-70(68-77-71(74)65-62-59-56-53-50-47-44-27-24-21-18-15-12-9-6-3)79-73(76)67-64-61-58-55-52-49-46-42-29-26-23-20-17-14-11-8-5-2/h9,12,17-18,20-21,26-27,29,44,70H,4-8,10-11,13-16,19,22-25,28,30-43,45-69H2,1-3H3/b12-9-,20-17-,21-18-,29-26-,44-27-. The van der Waals surface area contributed by atoms with Crippen LogP contribution in [0.15, 0.2) is 60.8 Å². The lowest BCUT2D eigenvalue weighted by atomic mass is 10.0. The van der Waals surface area contributed by atoms with Crippen molar-refractivity contribution in [1.82, 2.24) is 0 Å². The molecule has 0 aromatic carbocycles. The first-order valence-electron chi connectivity index (χ1n) is 34.8. The number of allylic oxidation sites excluding steroid dienone is 10. The summed E-state index contributed by atoms with van der Waals surface area (Å²) in [6.45, 7) is 6.54. The minimum Gasteiger partial charge on any atom is -0.462 e. The Morgan fingerprint density at radius 2 is 0.494 bits per heavy atom. The van der Waals surface area contributed by atoms with Crippen molar-refractivity contribution in [3.05, 3.63) is 60.8 Å². The van der Waals surface area contributed by atoms with Gasteiger partial charge in [0.15, 0.2) is 6.10 Å². The molecular weight excluding hydrogens is 973 g/mol. The Bertz CT molecular complexity index is 1410. The summed E-state index contributed by atoms with van der Waals surface area (Å²) in [5.41, 5.74) is 0. The SMILES string of the molecule is CC/C=C\C/C=C\C/C=C\CCCCCCCC(=O)OCC(COC(=O)CCCCCCCCCCCCCCCCCCCCCCCCCCCCCCC)OC(=O)CCCCCCCCC/C=C\C/C=C\CCCCC. The number of esters is 3. The van der Waals surface area contributed by atoms with Crippen LogP contribution >= 0.6 is 0 Å². The van der Waals surface area contributed by atoms with Crippen molar-refractivity contribution in [1.29, 1.82) is 0 Å². The van der Waals surface area contributed by atoms with Crippen molar-refractivity contribution in [2.75, 3.05) is 13.2 Å². The number of carbonyl (C=O) groups excluding carboxylic acids is 3. The van der Waals surface area contributed by atoms with Gasteiger partial charge in [0.2, 0.25) is 0 Å². The molecule has 79 heavy (non-hydrogen) atoms. The predicted octanol–water partition coefficient (Wildman–Crippen LogP) is 23.9. The summed E-state index contributed by atoms with van der Waals surface area (Å²) < 4.78 is 17.0. The second kappa shape index (κ2) is 67.6. The number of ether oxygens (including phenoxy) is 3. The van der Waals surface area contributed by atoms with E-state index in [9.17, 15) is 14.4 Å². The van der Waals surface area contributed by atoms with E-state index in [1.54, 1.807) is 0 Å². The van der Waals surface area contributed by atoms with Gasteiger partial charge in [-0.1, -0.05) is 326 Å². The summed E-state index contributed by atoms with van der Waals surface area (Å²) in [4.78, 5) is 38.4. The first kappa shape index (κ1) is 76.1. The monoisotopic (exact) mass is 1110 g/mol. The fourth-order valence-electron chi connectivity index (χ4n) is 10.3. The number of rotatable bonds is 64. The molecule has 0 N–H and O–H groups in total. The maximum absolute atomic E-state index is 12.9. The van der Waals surface area contributed by atoms with E-state index in [4.69, 9.17) is 14.2 Å². The maximum atomic E-state index is 12.9. The van der Waals surface area contributed by atoms with Gasteiger partial charge in [0.05, 0.1) is 0 Å². The van der Waals surface area contributed by atoms with E-state index in [0.29, 0.717) is 19.3 Å². The van der Waals surface area contributed by atoms with Crippen molar-refractivity contribution in [2.45, 2.75) is 374 Å². The van der Waals surface area contributed by atoms with Gasteiger partial charge in [-0.2, -0.15) is 0 Å². The summed E-state index contributed by atoms with van der Waals surface area (Å²) in [5, 5.41) is 0. The molecule has 6 nitrogen and oxygen atoms in total. The van der Waals surface area contributed by atoms with Crippen LogP contribution in [0.25, 0.3) is 0 Å². The molecule has 0 saturated heterocycles. The highest BCUT2D eigenvalue weighted by Gasteiger charge is 2.19. The van der Waals surface area contributed by atoms with Crippen molar-refractivity contribution in [2.24, 2.45) is 0 Å². The zero-order valence-corrected chi connectivity index (χ0v) is 52.9. The van der Waals surface area contributed by atoms with E-state index in [-0.39, 0.29) is 31.1 Å². The molecule has 0 aliphatic rings. The zero-order valence-electron chi connectivity index (χ0n) is 52.9. The van der Waals surface area contributed by atoms with Gasteiger partial charge < -0.3 is 14.2 Å². The van der Waals surface area contributed by atoms with Crippen LogP contribution in [-0.4, -0.2) is 37.2 Å². The number of carbonyl (C=O) groups is 3. The highest BCUT2D eigenvalue weighted by molar-refractivity contribution is 5.71. The van der Waals surface area contributed by atoms with Gasteiger partial charge in [0.25, 0.3) is 0 Å². The van der Waals surface area contributed by atoms with Gasteiger partial charge in [-0.15, -0.1) is 0 Å². The molecule has 460 valence electrons. The average molecular weight is 1110 g/mol. The first-order chi connectivity index (χ1) is 39.0. The normalized spacial score (nSPS) is 12.4. The van der Waals surface area contributed by atoms with Gasteiger partial charge in [0, 0.05) is 19.3 Å². The second-order valence-corrected chi connectivity index (χ2v) is 23.4. The lowest BCUT2D eigenvalue weighted by Crippen LogP contribution is -2.30. The third-order valence-electron chi connectivity index (χ3n) is 15.5. The zero-order chi connectivity index (χ0) is 57.1. The van der Waals surface area contributed by atoms with Crippen molar-refractivity contribution in [3.8, 4) is 0 Å². The lowest BCUT2D eigenvalue weighted by molar-refractivity contribution is -0.167. The van der Waals surface area contributed by atoms with Crippen molar-refractivity contribution < 1.29 is 28.6 Å². The molecule has 0 heterocycles. The van der Waals surface area contributed by atoms with Crippen LogP contribution < -0.4 is 0 Å². The fourth-order valence-corrected chi connectivity index (χ4v) is 10.3. The number of hydrogen-bond donors (Lipinski definition) is 0. The van der Waals surface area contributed by atoms with Crippen LogP contribution in [0.2, 0.25) is 0 Å². The van der Waals surface area contributed by atoms with E-state index < -0.39 is 6.10 Å². The van der Waals surface area contributed by atoms with Gasteiger partial charge in [-0.25, -0.2) is 0 Å². The summed E-state index contributed by atoms with van der Waals surface area (Å²) in [7, 11) is 0. The molecule has 0 aromatic heterocycles. The smallest absolute Gasteiger partial charge is 0.306 e. The van der Waals surface area contributed by atoms with E-state index in [0.717, 1.165) is 109 Å². The molecule has 0 rings (SSSR count). The van der Waals surface area contributed by atoms with Crippen LogP contribution in [0.3, 0.4) is 0 Å². The number of hydrogen-bond acceptors (Lipinski definition) is 6. The fraction of sp³-hybridized carbons (Fsp3) is 0.822. The largest absolute Gasteiger partial charge is 0.462 e. The summed E-state index contributed by atoms with van der Waals surface area (Å²) >= 11 is 0. The van der Waals surface area contributed by atoms with E-state index in [1.807, 2.05) is 0 Å². The quantitative estimate of drug-likeness (QED) is 0.0261. The summed E-state index contributed by atoms with van der Waals surface area (Å²) in [6, 6.07) is 0. The Morgan fingerprint density at radius 3 is 0.797 bits per heavy atom. The Labute approximate surface area is 491 Å². The molecule has 0 aromatic rings. The van der Waals surface area contributed by atoms with Gasteiger partial charge in [-0.05, 0) is 83.5 Å². The van der Waals surface area contributed by atoms with Crippen molar-refractivity contribution >= 4 is 17.9 Å². The minimum atomic E-state index is -0.786. The van der Waals surface area contributed by atoms with Crippen molar-refractivity contribution in [3.63, 3.8) is 0 Å². The molecular formula is C73H132O6. The van der Waals surface area contributed by atoms with E-state index in [2.05, 4.69) is 81.5 Å². The topological polar surface area (TPSA) is 78.9 Å². The Morgan fingerprint density at radius 1 is 0.266 bits per heavy atom. The number of unbranched alkanes of at least 4 members (excludes halogenated alkanes) is 43. The molecule has 6 heteroatoms. The molecule has 0 fully saturated rings. The van der Waals surface area contributed by atoms with E-state index >= 15 is 0 Å². The molecule has 0 saturated carbocycles. The third kappa shape index (κ3) is 65.8. The van der Waals surface area contributed by atoms with Crippen LogP contribution in [0.4, 0.5) is 0 Å².